The van der Waals surface area contributed by atoms with E-state index in [1.54, 1.807) is 27.7 Å². The molecule has 0 radical (unpaired) electrons. The number of nitrogens with zero attached hydrogens (tertiary/aromatic N) is 6. The van der Waals surface area contributed by atoms with Gasteiger partial charge < -0.3 is 39.6 Å². The minimum atomic E-state index is -5.50. The molecule has 0 heterocycles. The summed E-state index contributed by atoms with van der Waals surface area (Å²) in [5, 5.41) is 47.8. The fourth-order valence-electron chi connectivity index (χ4n) is 6.45. The van der Waals surface area contributed by atoms with E-state index in [9.17, 15) is 58.1 Å². The molecule has 28 heteroatoms. The molecule has 5 aromatic rings. The molecule has 334 valence electrons. The van der Waals surface area contributed by atoms with Gasteiger partial charge in [-0.15, -0.1) is 20.5 Å². The Kier molecular flexibility index (Phi) is 17.8. The number of phenolic OH excluding ortho intramolecular Hbond substituents is 3. The first-order valence-corrected chi connectivity index (χ1v) is 23.7. The largest absolute Gasteiger partial charge is 1.00 e. The third-order valence-electron chi connectivity index (χ3n) is 9.48. The van der Waals surface area contributed by atoms with E-state index < -0.39 is 94.4 Å². The van der Waals surface area contributed by atoms with E-state index in [0.717, 1.165) is 28.6 Å². The van der Waals surface area contributed by atoms with Crippen molar-refractivity contribution in [3.05, 3.63) is 48.5 Å². The predicted octanol–water partition coefficient (Wildman–Crippen LogP) is -0.583. The third kappa shape index (κ3) is 10.6. The minimum absolute atomic E-state index is 0. The number of benzene rings is 5. The van der Waals surface area contributed by atoms with E-state index in [-0.39, 0.29) is 130 Å². The summed E-state index contributed by atoms with van der Waals surface area (Å²) >= 11 is 0. The summed E-state index contributed by atoms with van der Waals surface area (Å²) < 4.78 is 140. The molecule has 0 saturated carbocycles. The summed E-state index contributed by atoms with van der Waals surface area (Å²) in [6.07, 6.45) is 0. The van der Waals surface area contributed by atoms with Gasteiger partial charge in [0.25, 0.3) is 0 Å². The molecule has 0 bridgehead atoms. The van der Waals surface area contributed by atoms with E-state index in [1.165, 1.54) is 24.6 Å². The van der Waals surface area contributed by atoms with Crippen molar-refractivity contribution < 1.29 is 127 Å². The predicted molar refractivity (Wildman–Crippen MR) is 221 cm³/mol. The zero-order valence-corrected chi connectivity index (χ0v) is 42.8. The van der Waals surface area contributed by atoms with E-state index in [1.807, 2.05) is 0 Å². The second-order valence-electron chi connectivity index (χ2n) is 13.0. The maximum Gasteiger partial charge on any atom is 1.00 e. The summed E-state index contributed by atoms with van der Waals surface area (Å²) in [5.74, 6) is -3.21. The normalized spacial score (nSPS) is 12.7. The molecule has 0 aliphatic carbocycles. The summed E-state index contributed by atoms with van der Waals surface area (Å²) in [6, 6.07) is 7.46. The fraction of sp³-hybridized carbons (Fsp3) is 0.278. The quantitative estimate of drug-likeness (QED) is 0.0416. The van der Waals surface area contributed by atoms with Crippen LogP contribution in [0.5, 0.6) is 28.7 Å². The summed E-state index contributed by atoms with van der Waals surface area (Å²) in [4.78, 5) is -3.00. The minimum Gasteiger partial charge on any atom is -0.744 e. The molecule has 22 nitrogen and oxygen atoms in total. The van der Waals surface area contributed by atoms with Gasteiger partial charge in [0.05, 0.1) is 34.3 Å². The molecular weight excluding hydrogens is 945 g/mol. The molecule has 0 saturated heterocycles. The second-order valence-corrected chi connectivity index (χ2v) is 19.5. The molecule has 0 unspecified atom stereocenters. The van der Waals surface area contributed by atoms with Gasteiger partial charge in [0.15, 0.2) is 11.5 Å². The smallest absolute Gasteiger partial charge is 0.744 e. The van der Waals surface area contributed by atoms with Crippen LogP contribution < -0.4 is 74.3 Å². The summed E-state index contributed by atoms with van der Waals surface area (Å²) in [5.41, 5.74) is 4.09. The maximum absolute atomic E-state index is 14.1. The monoisotopic (exact) mass is 983 g/mol. The number of phenols is 3. The van der Waals surface area contributed by atoms with Crippen molar-refractivity contribution >= 4 is 90.3 Å². The number of anilines is 1. The van der Waals surface area contributed by atoms with Crippen molar-refractivity contribution in [1.82, 2.24) is 8.61 Å². The van der Waals surface area contributed by atoms with Gasteiger partial charge in [-0.25, -0.2) is 33.7 Å². The van der Waals surface area contributed by atoms with Gasteiger partial charge in [-0.1, -0.05) is 27.7 Å². The van der Waals surface area contributed by atoms with E-state index in [4.69, 9.17) is 15.2 Å². The Bertz CT molecular complexity index is 3150. The molecule has 5 aromatic carbocycles. The number of hydrogen-bond acceptors (Lipinski definition) is 20. The number of aromatic hydroxyl groups is 3. The first-order chi connectivity index (χ1) is 28.9. The van der Waals surface area contributed by atoms with Crippen molar-refractivity contribution in [1.29, 1.82) is 0 Å². The van der Waals surface area contributed by atoms with Crippen molar-refractivity contribution in [2.45, 2.75) is 47.3 Å². The molecule has 64 heavy (non-hydrogen) atoms. The molecule has 0 fully saturated rings. The van der Waals surface area contributed by atoms with Gasteiger partial charge in [0.2, 0.25) is 20.0 Å². The van der Waals surface area contributed by atoms with Crippen LogP contribution >= 0.6 is 0 Å². The summed E-state index contributed by atoms with van der Waals surface area (Å²) in [7, 11) is -16.9. The molecule has 5 N–H and O–H groups in total. The van der Waals surface area contributed by atoms with E-state index in [0.29, 0.717) is 18.2 Å². The standard InChI is InChI=1S/C36H41N7O15S4.2Na/c1-7-42(8-2)59(47,48)21-11-19-13-29(60(49,50)43(9-3)10-4)33(35(45)31(19)23(37)15-21)40-38-24-17-28(58-6)25(18-27(24)57-5)39-41-34-30(62(54,55)56)14-20-12-22(61(51,52)53)16-26(44)32(20)36(34)46;;/h11-18,44-46H,7-10,37H2,1-6H3,(H,51,52,53)(H,54,55,56);;/q;2*+1/p-2. The van der Waals surface area contributed by atoms with Crippen LogP contribution in [0.1, 0.15) is 27.7 Å². The van der Waals surface area contributed by atoms with Crippen LogP contribution in [-0.2, 0) is 40.3 Å². The molecule has 0 aromatic heterocycles. The SMILES string of the molecule is CCN(CC)S(=O)(=O)c1cc(N)c2c(O)c(N=Nc3cc(OC)c(N=Nc4c(S(=O)(=O)[O-])cc5cc(S(=O)(=O)[O-])cc(O)c5c4O)cc3OC)c(S(=O)(=O)N(CC)CC)cc2c1.[Na+].[Na+]. The van der Waals surface area contributed by atoms with Gasteiger partial charge in [-0.2, -0.15) is 8.61 Å². The molecule has 5 rings (SSSR count). The number of nitrogens with two attached hydrogens (primary N) is 1. The average molecular weight is 984 g/mol. The van der Waals surface area contributed by atoms with Crippen LogP contribution in [0.4, 0.5) is 28.4 Å². The Balaban J connectivity index is 0.00000544. The van der Waals surface area contributed by atoms with Gasteiger partial charge in [0, 0.05) is 49.4 Å². The van der Waals surface area contributed by atoms with Gasteiger partial charge >= 0.3 is 59.1 Å². The fourth-order valence-corrected chi connectivity index (χ4v) is 10.8. The van der Waals surface area contributed by atoms with E-state index in [2.05, 4.69) is 20.5 Å². The molecule has 0 aliphatic heterocycles. The molecule has 0 aliphatic rings. The van der Waals surface area contributed by atoms with Crippen molar-refractivity contribution in [2.75, 3.05) is 46.1 Å². The Morgan fingerprint density at radius 2 is 0.984 bits per heavy atom. The number of hydrogen-bond donors (Lipinski definition) is 4. The van der Waals surface area contributed by atoms with Crippen LogP contribution in [0, 0.1) is 0 Å². The Hall–Kier alpha value is -3.74. The molecular formula is C36H39N7Na2O15S4. The van der Waals surface area contributed by atoms with Crippen molar-refractivity contribution in [3.63, 3.8) is 0 Å². The van der Waals surface area contributed by atoms with Crippen LogP contribution in [0.15, 0.2) is 88.6 Å². The van der Waals surface area contributed by atoms with E-state index >= 15 is 0 Å². The average Bonchev–Trinajstić information content (AvgIpc) is 3.19. The molecule has 0 atom stereocenters. The van der Waals surface area contributed by atoms with Crippen LogP contribution in [0.3, 0.4) is 0 Å². The second kappa shape index (κ2) is 20.8. The van der Waals surface area contributed by atoms with Gasteiger partial charge in [-0.3, -0.25) is 0 Å². The number of azo groups is 2. The van der Waals surface area contributed by atoms with Crippen molar-refractivity contribution in [2.24, 2.45) is 20.5 Å². The number of rotatable bonds is 16. The van der Waals surface area contributed by atoms with Gasteiger partial charge in [-0.05, 0) is 47.2 Å². The Morgan fingerprint density at radius 1 is 0.562 bits per heavy atom. The van der Waals surface area contributed by atoms with Crippen LogP contribution in [-0.4, -0.2) is 107 Å². The Labute approximate surface area is 413 Å². The molecule has 0 amide bonds. The molecule has 0 spiro atoms. The zero-order valence-electron chi connectivity index (χ0n) is 35.6. The number of methoxy groups -OCH3 is 2. The topological polar surface area (TPSA) is 344 Å². The van der Waals surface area contributed by atoms with Crippen LogP contribution in [0.2, 0.25) is 0 Å². The zero-order chi connectivity index (χ0) is 46.3. The summed E-state index contributed by atoms with van der Waals surface area (Å²) in [6.45, 7) is 6.72. The number of nitrogen functional groups attached to an aromatic ring is 1. The van der Waals surface area contributed by atoms with Crippen molar-refractivity contribution in [3.8, 4) is 28.7 Å². The number of ether oxygens (including phenoxy) is 2. The number of fused-ring (bicyclic) bond motifs is 2. The van der Waals surface area contributed by atoms with Crippen LogP contribution in [0.25, 0.3) is 21.5 Å². The first kappa shape index (κ1) is 54.6. The number of sulfonamides is 2. The van der Waals surface area contributed by atoms with Gasteiger partial charge in [0.1, 0.15) is 65.1 Å². The Morgan fingerprint density at radius 3 is 1.44 bits per heavy atom. The third-order valence-corrected chi connectivity index (χ3v) is 15.2. The maximum atomic E-state index is 14.1. The first-order valence-electron chi connectivity index (χ1n) is 18.0.